The lowest BCUT2D eigenvalue weighted by Crippen LogP contribution is -2.63. The number of nitrogens with one attached hydrogen (secondary N) is 4. The number of hydrogen-bond acceptors (Lipinski definition) is 18. The van der Waals surface area contributed by atoms with Crippen LogP contribution in [0.15, 0.2) is 12.2 Å². The highest BCUT2D eigenvalue weighted by molar-refractivity contribution is 5.99. The van der Waals surface area contributed by atoms with E-state index in [1.807, 2.05) is 68.4 Å². The van der Waals surface area contributed by atoms with E-state index in [9.17, 15) is 47.9 Å². The number of likely N-dealkylation sites (N-methyl/N-ethyl adjacent to an activating group) is 8. The van der Waals surface area contributed by atoms with E-state index in [0.29, 0.717) is 6.42 Å². The predicted octanol–water partition coefficient (Wildman–Crippen LogP) is 4.37. The minimum absolute atomic E-state index is 0.0465. The molecule has 0 aromatic carbocycles. The monoisotopic (exact) mass is 1480 g/mol. The van der Waals surface area contributed by atoms with Crippen LogP contribution in [0.3, 0.4) is 0 Å². The molecule has 104 heavy (non-hydrogen) atoms. The van der Waals surface area contributed by atoms with E-state index in [1.165, 1.54) is 106 Å². The molecule has 0 saturated carbocycles. The van der Waals surface area contributed by atoms with Gasteiger partial charge in [0.05, 0.1) is 25.4 Å². The number of hydrogen-bond donors (Lipinski definition) is 4. The predicted molar refractivity (Wildman–Crippen MR) is 399 cm³/mol. The highest BCUT2D eigenvalue weighted by atomic mass is 16.5. The molecular weight excluding hydrogens is 1340 g/mol. The van der Waals surface area contributed by atoms with Crippen LogP contribution in [0.5, 0.6) is 0 Å². The number of esters is 2. The van der Waals surface area contributed by atoms with Crippen LogP contribution in [-0.2, 0) is 81.3 Å². The van der Waals surface area contributed by atoms with E-state index in [-0.39, 0.29) is 81.6 Å². The number of carbonyl (C=O) groups excluding carboxylic acids is 13. The first-order valence-corrected chi connectivity index (χ1v) is 36.7. The molecule has 0 bridgehead atoms. The van der Waals surface area contributed by atoms with E-state index in [2.05, 4.69) is 21.3 Å². The van der Waals surface area contributed by atoms with Gasteiger partial charge in [-0.2, -0.15) is 0 Å². The summed E-state index contributed by atoms with van der Waals surface area (Å²) >= 11 is 0. The van der Waals surface area contributed by atoms with Gasteiger partial charge in [0.2, 0.25) is 65.0 Å². The van der Waals surface area contributed by atoms with Crippen molar-refractivity contribution >= 4 is 76.9 Å². The van der Waals surface area contributed by atoms with Gasteiger partial charge in [0.15, 0.2) is 0 Å². The summed E-state index contributed by atoms with van der Waals surface area (Å²) in [4.78, 5) is 196. The van der Waals surface area contributed by atoms with Crippen LogP contribution in [0.1, 0.15) is 178 Å². The maximum Gasteiger partial charge on any atom is 0.328 e. The van der Waals surface area contributed by atoms with Crippen molar-refractivity contribution in [3.05, 3.63) is 12.2 Å². The van der Waals surface area contributed by atoms with E-state index in [4.69, 9.17) is 18.9 Å². The molecule has 0 aromatic heterocycles. The number of allylic oxidation sites excluding steroid dienone is 2. The fourth-order valence-corrected chi connectivity index (χ4v) is 12.1. The lowest BCUT2D eigenvalue weighted by molar-refractivity contribution is -0.164. The van der Waals surface area contributed by atoms with Crippen molar-refractivity contribution in [1.29, 1.82) is 0 Å². The van der Waals surface area contributed by atoms with Gasteiger partial charge in [0.1, 0.15) is 79.2 Å². The molecule has 0 unspecified atom stereocenters. The average Bonchev–Trinajstić information content (AvgIpc) is 0.810. The highest BCUT2D eigenvalue weighted by Gasteiger charge is 2.47. The van der Waals surface area contributed by atoms with Crippen LogP contribution in [0.25, 0.3) is 0 Å². The zero-order valence-electron chi connectivity index (χ0n) is 69.0. The van der Waals surface area contributed by atoms with Crippen molar-refractivity contribution in [2.24, 2.45) is 41.4 Å². The van der Waals surface area contributed by atoms with Crippen LogP contribution in [-0.4, -0.2) is 291 Å². The molecule has 11 amide bonds. The number of nitrogens with zero attached hydrogens (tertiary/aromatic N) is 8. The zero-order chi connectivity index (χ0) is 81.0. The largest absolute Gasteiger partial charge is 0.462 e. The number of methoxy groups -OCH3 is 1. The molecule has 0 aliphatic heterocycles. The average molecular weight is 1480 g/mol. The van der Waals surface area contributed by atoms with Gasteiger partial charge < -0.3 is 74.5 Å². The quantitative estimate of drug-likeness (QED) is 0.0486. The molecule has 0 aliphatic rings. The maximum atomic E-state index is 15.3. The van der Waals surface area contributed by atoms with Crippen LogP contribution in [0, 0.1) is 41.4 Å². The van der Waals surface area contributed by atoms with E-state index >= 15 is 14.4 Å². The summed E-state index contributed by atoms with van der Waals surface area (Å²) in [7, 11) is 15.1. The Morgan fingerprint density at radius 2 is 0.923 bits per heavy atom. The molecule has 0 saturated heterocycles. The van der Waals surface area contributed by atoms with Crippen LogP contribution < -0.4 is 21.3 Å². The molecule has 0 aliphatic carbocycles. The Balaban J connectivity index is 7.22. The van der Waals surface area contributed by atoms with Crippen molar-refractivity contribution in [1.82, 2.24) is 60.5 Å². The Kier molecular flexibility index (Phi) is 42.1. The van der Waals surface area contributed by atoms with Crippen molar-refractivity contribution in [2.75, 3.05) is 96.9 Å². The number of amides is 11. The van der Waals surface area contributed by atoms with Gasteiger partial charge >= 0.3 is 11.9 Å². The summed E-state index contributed by atoms with van der Waals surface area (Å²) in [5.41, 5.74) is -0.551. The molecular formula is C75H136N12O17. The minimum atomic E-state index is -1.57. The van der Waals surface area contributed by atoms with Crippen LogP contribution in [0.2, 0.25) is 0 Å². The van der Waals surface area contributed by atoms with Gasteiger partial charge in [-0.05, 0) is 123 Å². The zero-order valence-corrected chi connectivity index (χ0v) is 69.0. The third-order valence-electron chi connectivity index (χ3n) is 18.5. The molecule has 598 valence electrons. The summed E-state index contributed by atoms with van der Waals surface area (Å²) in [6.45, 7) is 36.1. The third-order valence-corrected chi connectivity index (χ3v) is 18.5. The Hall–Kier alpha value is -7.27. The van der Waals surface area contributed by atoms with Crippen molar-refractivity contribution < 1.29 is 81.3 Å². The summed E-state index contributed by atoms with van der Waals surface area (Å²) in [6, 6.07) is -13.2. The first kappa shape index (κ1) is 96.7. The second-order valence-corrected chi connectivity index (χ2v) is 31.2. The molecule has 0 rings (SSSR count). The molecule has 0 aromatic rings. The first-order valence-electron chi connectivity index (χ1n) is 36.7. The number of rotatable bonds is 44. The topological polar surface area (TPSA) is 333 Å². The number of carbonyl (C=O) groups is 13. The van der Waals surface area contributed by atoms with Gasteiger partial charge in [-0.25, -0.2) is 4.79 Å². The Bertz CT molecular complexity index is 2860. The molecule has 14 atom stereocenters. The Morgan fingerprint density at radius 3 is 1.37 bits per heavy atom. The Labute approximate surface area is 622 Å². The van der Waals surface area contributed by atoms with E-state index in [0.717, 1.165) is 4.90 Å². The number of ether oxygens (including phenoxy) is 4. The van der Waals surface area contributed by atoms with Gasteiger partial charge in [-0.3, -0.25) is 62.4 Å². The smallest absolute Gasteiger partial charge is 0.328 e. The molecule has 0 heterocycles. The fraction of sp³-hybridized carbons (Fsp3) is 0.800. The molecule has 4 N–H and O–H groups in total. The summed E-state index contributed by atoms with van der Waals surface area (Å²) in [6.07, 6.45) is 3.05. The van der Waals surface area contributed by atoms with E-state index < -0.39 is 167 Å². The van der Waals surface area contributed by atoms with Crippen LogP contribution >= 0.6 is 0 Å². The first-order chi connectivity index (χ1) is 47.9. The van der Waals surface area contributed by atoms with E-state index in [1.54, 1.807) is 87.5 Å². The summed E-state index contributed by atoms with van der Waals surface area (Å²) < 4.78 is 22.8. The lowest BCUT2D eigenvalue weighted by Gasteiger charge is -2.42. The molecule has 29 nitrogen and oxygen atoms in total. The van der Waals surface area contributed by atoms with Gasteiger partial charge in [-0.1, -0.05) is 102 Å². The van der Waals surface area contributed by atoms with Crippen LogP contribution in [0.4, 0.5) is 0 Å². The lowest BCUT2D eigenvalue weighted by atomic mass is 9.91. The third kappa shape index (κ3) is 30.3. The molecule has 0 spiro atoms. The second-order valence-electron chi connectivity index (χ2n) is 31.2. The van der Waals surface area contributed by atoms with Gasteiger partial charge in [0, 0.05) is 76.2 Å². The van der Waals surface area contributed by atoms with Crippen molar-refractivity contribution in [2.45, 2.75) is 256 Å². The second kappa shape index (κ2) is 45.3. The minimum Gasteiger partial charge on any atom is -0.462 e. The van der Waals surface area contributed by atoms with Gasteiger partial charge in [-0.15, -0.1) is 0 Å². The Morgan fingerprint density at radius 1 is 0.471 bits per heavy atom. The standard InChI is InChI=1S/C75H136N12O17/c1-32-34-35-48(13)63(104-53(18)89)62(67(93)78-54(33-2)74(100)102-37-36-81(24)52(17)88)87(30)73(99)60(47(11)12)85(28)70(96)57(40-45(7)8)84(27)69(95)56(39-44(5)6)83(26)68(94)51(16)77-64(90)50(15)76-65(91)55(38-43(3)4)82(25)72(98)59(46(9)10)79-66(92)61(49(14)41-101-31)86(29)71(97)58(80(22)23)42-103-75(19,20)21/h32,34,43-51,54-63H,33,35-42H2,1-31H3,(H,76,91)(H,77,90)(H,78,93)(H,79,92)/b34-32+/t48-,49-,50+,51-,54+,55+,56+,57+,58-,59+,60+,61+,62+,63-/m1/s1. The maximum absolute atomic E-state index is 15.3. The highest BCUT2D eigenvalue weighted by Crippen LogP contribution is 2.27. The molecule has 0 fully saturated rings. The van der Waals surface area contributed by atoms with Crippen molar-refractivity contribution in [3.63, 3.8) is 0 Å². The fourth-order valence-electron chi connectivity index (χ4n) is 12.1. The normalized spacial score (nSPS) is 15.9. The molecule has 29 heteroatoms. The summed E-state index contributed by atoms with van der Waals surface area (Å²) in [5, 5.41) is 11.0. The SMILES string of the molecule is C/C=C/C[C@@H](C)[C@@H](OC(C)=O)[C@@H](C(=O)N[C@@H](CC)C(=O)OCCN(C)C(C)=O)N(C)C(=O)[C@H](C(C)C)N(C)C(=O)[C@H](CC(C)C)N(C)C(=O)[C@H](CC(C)C)N(C)C(=O)[C@@H](C)NC(=O)[C@H](C)NC(=O)[C@H](CC(C)C)N(C)C(=O)[C@@H](NC(=O)[C@H]([C@H](C)COC)N(C)C(=O)[C@@H](COC(C)(C)C)N(C)C)C(C)C. The van der Waals surface area contributed by atoms with Gasteiger partial charge in [0.25, 0.3) is 0 Å². The summed E-state index contributed by atoms with van der Waals surface area (Å²) in [5.74, 6) is -11.2. The molecule has 0 radical (unpaired) electrons. The van der Waals surface area contributed by atoms with Crippen molar-refractivity contribution in [3.8, 4) is 0 Å².